The van der Waals surface area contributed by atoms with Gasteiger partial charge in [0.2, 0.25) is 5.78 Å². The average molecular weight is 304 g/mol. The quantitative estimate of drug-likeness (QED) is 0.787. The number of aryl methyl sites for hydroxylation is 2. The van der Waals surface area contributed by atoms with Gasteiger partial charge in [0.05, 0.1) is 17.5 Å². The monoisotopic (exact) mass is 304 g/mol. The van der Waals surface area contributed by atoms with Gasteiger partial charge in [0.25, 0.3) is 0 Å². The van der Waals surface area contributed by atoms with E-state index in [0.717, 1.165) is 48.5 Å². The molecule has 5 nitrogen and oxygen atoms in total. The molecule has 2 rings (SSSR count). The predicted molar refractivity (Wildman–Crippen MR) is 88.9 cm³/mol. The minimum absolute atomic E-state index is 0.603. The van der Waals surface area contributed by atoms with Crippen molar-refractivity contribution in [3.8, 4) is 0 Å². The van der Waals surface area contributed by atoms with Crippen molar-refractivity contribution in [3.05, 3.63) is 29.3 Å². The Labute approximate surface area is 132 Å². The number of nitrogens with zero attached hydrogens (tertiary/aromatic N) is 3. The Morgan fingerprint density at radius 2 is 1.91 bits per heavy atom. The maximum absolute atomic E-state index is 10.6. The Kier molecular flexibility index (Phi) is 5.53. The van der Waals surface area contributed by atoms with E-state index in [-0.39, 0.29) is 0 Å². The maximum atomic E-state index is 10.6. The normalized spacial score (nSPS) is 12.2. The summed E-state index contributed by atoms with van der Waals surface area (Å²) in [5, 5.41) is 14.0. The molecular formula is C17H28N4O. The van der Waals surface area contributed by atoms with Crippen LogP contribution in [0.25, 0.3) is 5.78 Å². The molecule has 0 aliphatic heterocycles. The molecule has 0 amide bonds. The van der Waals surface area contributed by atoms with Gasteiger partial charge in [-0.2, -0.15) is 0 Å². The average Bonchev–Trinajstić information content (AvgIpc) is 2.82. The van der Waals surface area contributed by atoms with Crippen LogP contribution in [0.3, 0.4) is 0 Å². The van der Waals surface area contributed by atoms with E-state index in [1.165, 1.54) is 0 Å². The van der Waals surface area contributed by atoms with Crippen molar-refractivity contribution >= 4 is 5.78 Å². The first-order valence-corrected chi connectivity index (χ1v) is 8.23. The molecule has 0 saturated carbocycles. The number of aromatic nitrogens is 3. The van der Waals surface area contributed by atoms with E-state index in [1.54, 1.807) is 0 Å². The Bertz CT molecular complexity index is 614. The van der Waals surface area contributed by atoms with Crippen molar-refractivity contribution in [3.63, 3.8) is 0 Å². The summed E-state index contributed by atoms with van der Waals surface area (Å²) in [6.45, 7) is 9.57. The molecule has 0 aliphatic rings. The molecular weight excluding hydrogens is 276 g/mol. The van der Waals surface area contributed by atoms with Gasteiger partial charge in [-0.05, 0) is 32.8 Å². The standard InChI is InChI=1S/C17H28N4O/c1-5-7-17(22,8-6-2)12-18-10-15-11-19-16-20-13(3)9-14(4)21(15)16/h9,11,18,22H,5-8,10,12H2,1-4H3. The number of aliphatic hydroxyl groups is 1. The highest BCUT2D eigenvalue weighted by Crippen LogP contribution is 2.19. The lowest BCUT2D eigenvalue weighted by atomic mass is 9.92. The van der Waals surface area contributed by atoms with Gasteiger partial charge in [0.15, 0.2) is 0 Å². The lowest BCUT2D eigenvalue weighted by Crippen LogP contribution is -2.40. The van der Waals surface area contributed by atoms with Gasteiger partial charge >= 0.3 is 0 Å². The summed E-state index contributed by atoms with van der Waals surface area (Å²) in [4.78, 5) is 8.82. The van der Waals surface area contributed by atoms with Crippen LogP contribution in [0.2, 0.25) is 0 Å². The molecule has 122 valence electrons. The Hall–Kier alpha value is -1.46. The van der Waals surface area contributed by atoms with E-state index < -0.39 is 5.60 Å². The van der Waals surface area contributed by atoms with Gasteiger partial charge < -0.3 is 10.4 Å². The van der Waals surface area contributed by atoms with Crippen LogP contribution < -0.4 is 5.32 Å². The third-order valence-corrected chi connectivity index (χ3v) is 4.05. The fourth-order valence-electron chi connectivity index (χ4n) is 3.18. The highest BCUT2D eigenvalue weighted by atomic mass is 16.3. The van der Waals surface area contributed by atoms with E-state index in [4.69, 9.17) is 0 Å². The maximum Gasteiger partial charge on any atom is 0.234 e. The third-order valence-electron chi connectivity index (χ3n) is 4.05. The zero-order valence-electron chi connectivity index (χ0n) is 14.2. The zero-order valence-corrected chi connectivity index (χ0v) is 14.2. The number of hydrogen-bond acceptors (Lipinski definition) is 4. The highest BCUT2D eigenvalue weighted by molar-refractivity contribution is 5.35. The lowest BCUT2D eigenvalue weighted by Gasteiger charge is -2.27. The van der Waals surface area contributed by atoms with Gasteiger partial charge in [0.1, 0.15) is 0 Å². The molecule has 0 bridgehead atoms. The van der Waals surface area contributed by atoms with E-state index in [0.29, 0.717) is 13.1 Å². The molecule has 0 radical (unpaired) electrons. The summed E-state index contributed by atoms with van der Waals surface area (Å²) in [6, 6.07) is 2.06. The van der Waals surface area contributed by atoms with Crippen LogP contribution in [-0.2, 0) is 6.54 Å². The first-order valence-electron chi connectivity index (χ1n) is 8.23. The third kappa shape index (κ3) is 3.84. The van der Waals surface area contributed by atoms with Crippen molar-refractivity contribution in [2.75, 3.05) is 6.54 Å². The molecule has 2 heterocycles. The Morgan fingerprint density at radius 1 is 1.23 bits per heavy atom. The Balaban J connectivity index is 2.06. The van der Waals surface area contributed by atoms with Gasteiger partial charge in [-0.25, -0.2) is 9.97 Å². The molecule has 0 spiro atoms. The second-order valence-electron chi connectivity index (χ2n) is 6.25. The van der Waals surface area contributed by atoms with E-state index >= 15 is 0 Å². The van der Waals surface area contributed by atoms with E-state index in [2.05, 4.69) is 46.5 Å². The molecule has 2 N–H and O–H groups in total. The molecule has 0 aliphatic carbocycles. The summed E-state index contributed by atoms with van der Waals surface area (Å²) in [6.07, 6.45) is 5.52. The molecule has 0 unspecified atom stereocenters. The number of rotatable bonds is 8. The van der Waals surface area contributed by atoms with Crippen LogP contribution in [0.1, 0.15) is 56.6 Å². The molecule has 0 aromatic carbocycles. The van der Waals surface area contributed by atoms with Crippen LogP contribution >= 0.6 is 0 Å². The van der Waals surface area contributed by atoms with Gasteiger partial charge in [-0.1, -0.05) is 26.7 Å². The molecule has 0 fully saturated rings. The highest BCUT2D eigenvalue weighted by Gasteiger charge is 2.24. The molecule has 5 heteroatoms. The van der Waals surface area contributed by atoms with Crippen molar-refractivity contribution in [1.29, 1.82) is 0 Å². The number of fused-ring (bicyclic) bond motifs is 1. The summed E-state index contributed by atoms with van der Waals surface area (Å²) in [5.41, 5.74) is 2.59. The first-order chi connectivity index (χ1) is 10.5. The summed E-state index contributed by atoms with van der Waals surface area (Å²) in [5.74, 6) is 0.742. The topological polar surface area (TPSA) is 62.5 Å². The van der Waals surface area contributed by atoms with Crippen LogP contribution in [0.4, 0.5) is 0 Å². The molecule has 0 atom stereocenters. The van der Waals surface area contributed by atoms with Crippen molar-refractivity contribution < 1.29 is 5.11 Å². The summed E-state index contributed by atoms with van der Waals surface area (Å²) >= 11 is 0. The zero-order chi connectivity index (χ0) is 16.2. The van der Waals surface area contributed by atoms with Crippen LogP contribution in [0.5, 0.6) is 0 Å². The van der Waals surface area contributed by atoms with Crippen molar-refractivity contribution in [1.82, 2.24) is 19.7 Å². The van der Waals surface area contributed by atoms with E-state index in [9.17, 15) is 5.11 Å². The van der Waals surface area contributed by atoms with Gasteiger partial charge in [-0.3, -0.25) is 4.40 Å². The summed E-state index contributed by atoms with van der Waals surface area (Å²) in [7, 11) is 0. The van der Waals surface area contributed by atoms with Crippen LogP contribution in [0, 0.1) is 13.8 Å². The van der Waals surface area contributed by atoms with Crippen LogP contribution in [0.15, 0.2) is 12.3 Å². The minimum atomic E-state index is -0.603. The van der Waals surface area contributed by atoms with Crippen LogP contribution in [-0.4, -0.2) is 31.6 Å². The van der Waals surface area contributed by atoms with E-state index in [1.807, 2.05) is 13.1 Å². The largest absolute Gasteiger partial charge is 0.389 e. The molecule has 2 aromatic rings. The minimum Gasteiger partial charge on any atom is -0.389 e. The smallest absolute Gasteiger partial charge is 0.234 e. The molecule has 2 aromatic heterocycles. The number of imidazole rings is 1. The lowest BCUT2D eigenvalue weighted by molar-refractivity contribution is 0.0214. The first kappa shape index (κ1) is 16.9. The van der Waals surface area contributed by atoms with Gasteiger partial charge in [-0.15, -0.1) is 0 Å². The van der Waals surface area contributed by atoms with Crippen molar-refractivity contribution in [2.45, 2.75) is 65.5 Å². The molecule has 22 heavy (non-hydrogen) atoms. The Morgan fingerprint density at radius 3 is 2.55 bits per heavy atom. The predicted octanol–water partition coefficient (Wildman–Crippen LogP) is 2.77. The fraction of sp³-hybridized carbons (Fsp3) is 0.647. The fourth-order valence-corrected chi connectivity index (χ4v) is 3.18. The second-order valence-corrected chi connectivity index (χ2v) is 6.25. The number of hydrogen-bond donors (Lipinski definition) is 2. The SMILES string of the molecule is CCCC(O)(CCC)CNCc1cnc2nc(C)cc(C)n12. The second kappa shape index (κ2) is 7.20. The summed E-state index contributed by atoms with van der Waals surface area (Å²) < 4.78 is 2.07. The van der Waals surface area contributed by atoms with Gasteiger partial charge in [0, 0.05) is 24.5 Å². The molecule has 0 saturated heterocycles. The number of nitrogens with one attached hydrogen (secondary N) is 1. The van der Waals surface area contributed by atoms with Crippen molar-refractivity contribution in [2.24, 2.45) is 0 Å².